The van der Waals surface area contributed by atoms with Crippen molar-refractivity contribution in [2.45, 2.75) is 32.8 Å². The van der Waals surface area contributed by atoms with E-state index in [1.54, 1.807) is 0 Å². The van der Waals surface area contributed by atoms with E-state index >= 15 is 0 Å². The van der Waals surface area contributed by atoms with Gasteiger partial charge in [-0.2, -0.15) is 0 Å². The third kappa shape index (κ3) is 3.55. The smallest absolute Gasteiger partial charge is 0.406 e. The molecule has 1 atom stereocenters. The molecule has 110 valence electrons. The molecular weight excluding hydrogens is 273 g/mol. The molecule has 4 nitrogen and oxygen atoms in total. The van der Waals surface area contributed by atoms with Gasteiger partial charge in [0, 0.05) is 5.69 Å². The summed E-state index contributed by atoms with van der Waals surface area (Å²) in [6.45, 7) is 4.03. The Morgan fingerprint density at radius 3 is 2.60 bits per heavy atom. The summed E-state index contributed by atoms with van der Waals surface area (Å²) in [4.78, 5) is 11.9. The standard InChI is InChI=1S/C13H15F3N2O2/c1-7(2)5-11-17-10-4-3-8(20-13(14,15)16)6-9(10)12(19)18-11/h3-4,6-7,11,17H,5H2,1-2H3,(H,18,19)/t11-/m1/s1. The van der Waals surface area contributed by atoms with Crippen LogP contribution >= 0.6 is 0 Å². The predicted octanol–water partition coefficient (Wildman–Crippen LogP) is 3.11. The number of rotatable bonds is 3. The lowest BCUT2D eigenvalue weighted by Crippen LogP contribution is -2.45. The Hall–Kier alpha value is -1.92. The number of alkyl halides is 3. The van der Waals surface area contributed by atoms with Crippen molar-refractivity contribution in [1.29, 1.82) is 0 Å². The Morgan fingerprint density at radius 2 is 2.00 bits per heavy atom. The van der Waals surface area contributed by atoms with E-state index < -0.39 is 18.0 Å². The average Bonchev–Trinajstić information content (AvgIpc) is 2.27. The first-order valence-corrected chi connectivity index (χ1v) is 6.22. The zero-order chi connectivity index (χ0) is 14.9. The van der Waals surface area contributed by atoms with Crippen molar-refractivity contribution in [3.05, 3.63) is 23.8 Å². The highest BCUT2D eigenvalue weighted by molar-refractivity contribution is 6.02. The second-order valence-electron chi connectivity index (χ2n) is 5.06. The maximum Gasteiger partial charge on any atom is 0.573 e. The highest BCUT2D eigenvalue weighted by atomic mass is 19.4. The molecule has 1 aromatic rings. The molecular formula is C13H15F3N2O2. The number of nitrogens with one attached hydrogen (secondary N) is 2. The van der Waals surface area contributed by atoms with Crippen LogP contribution in [-0.2, 0) is 0 Å². The van der Waals surface area contributed by atoms with Crippen LogP contribution in [-0.4, -0.2) is 18.4 Å². The fraction of sp³-hybridized carbons (Fsp3) is 0.462. The minimum atomic E-state index is -4.77. The topological polar surface area (TPSA) is 50.4 Å². The average molecular weight is 288 g/mol. The van der Waals surface area contributed by atoms with E-state index in [2.05, 4.69) is 15.4 Å². The Morgan fingerprint density at radius 1 is 1.30 bits per heavy atom. The molecule has 0 saturated carbocycles. The van der Waals surface area contributed by atoms with Gasteiger partial charge >= 0.3 is 6.36 Å². The molecule has 1 aromatic carbocycles. The minimum Gasteiger partial charge on any atom is -0.406 e. The fourth-order valence-corrected chi connectivity index (χ4v) is 2.08. The largest absolute Gasteiger partial charge is 0.573 e. The summed E-state index contributed by atoms with van der Waals surface area (Å²) in [5.41, 5.74) is 0.653. The van der Waals surface area contributed by atoms with Gasteiger partial charge in [0.25, 0.3) is 5.91 Å². The van der Waals surface area contributed by atoms with Gasteiger partial charge in [0.15, 0.2) is 0 Å². The van der Waals surface area contributed by atoms with Crippen LogP contribution in [0.3, 0.4) is 0 Å². The number of halogens is 3. The van der Waals surface area contributed by atoms with Gasteiger partial charge in [-0.1, -0.05) is 13.8 Å². The molecule has 2 N–H and O–H groups in total. The maximum atomic E-state index is 12.1. The molecule has 0 aliphatic carbocycles. The highest BCUT2D eigenvalue weighted by Gasteiger charge is 2.32. The molecule has 2 rings (SSSR count). The van der Waals surface area contributed by atoms with Crippen LogP contribution < -0.4 is 15.4 Å². The van der Waals surface area contributed by atoms with Crippen LogP contribution in [0.15, 0.2) is 18.2 Å². The van der Waals surface area contributed by atoms with Crippen LogP contribution in [0.1, 0.15) is 30.6 Å². The van der Waals surface area contributed by atoms with Gasteiger partial charge in [-0.15, -0.1) is 13.2 Å². The van der Waals surface area contributed by atoms with Crippen LogP contribution in [0.5, 0.6) is 5.75 Å². The number of anilines is 1. The van der Waals surface area contributed by atoms with E-state index in [0.29, 0.717) is 11.6 Å². The molecule has 1 aliphatic rings. The number of carbonyl (C=O) groups excluding carboxylic acids is 1. The molecule has 0 unspecified atom stereocenters. The first kappa shape index (κ1) is 14.5. The van der Waals surface area contributed by atoms with E-state index in [1.807, 2.05) is 13.8 Å². The summed E-state index contributed by atoms with van der Waals surface area (Å²) in [6, 6.07) is 3.68. The van der Waals surface area contributed by atoms with Crippen molar-refractivity contribution in [3.8, 4) is 5.75 Å². The van der Waals surface area contributed by atoms with Gasteiger partial charge in [-0.05, 0) is 30.5 Å². The molecule has 0 saturated heterocycles. The van der Waals surface area contributed by atoms with Gasteiger partial charge in [0.1, 0.15) is 5.75 Å². The summed E-state index contributed by atoms with van der Waals surface area (Å²) in [6.07, 6.45) is -4.26. The van der Waals surface area contributed by atoms with Crippen LogP contribution in [0.25, 0.3) is 0 Å². The van der Waals surface area contributed by atoms with Gasteiger partial charge in [-0.25, -0.2) is 0 Å². The van der Waals surface area contributed by atoms with Crippen molar-refractivity contribution < 1.29 is 22.7 Å². The van der Waals surface area contributed by atoms with E-state index in [0.717, 1.165) is 12.5 Å². The Bertz CT molecular complexity index is 515. The monoisotopic (exact) mass is 288 g/mol. The van der Waals surface area contributed by atoms with Crippen LogP contribution in [0.4, 0.5) is 18.9 Å². The number of hydrogen-bond donors (Lipinski definition) is 2. The summed E-state index contributed by atoms with van der Waals surface area (Å²) < 4.78 is 40.2. The van der Waals surface area contributed by atoms with Crippen LogP contribution in [0, 0.1) is 5.92 Å². The molecule has 0 fully saturated rings. The lowest BCUT2D eigenvalue weighted by Gasteiger charge is -2.29. The van der Waals surface area contributed by atoms with E-state index in [1.165, 1.54) is 12.1 Å². The maximum absolute atomic E-state index is 12.1. The summed E-state index contributed by atoms with van der Waals surface area (Å²) in [5.74, 6) is -0.435. The number of hydrogen-bond acceptors (Lipinski definition) is 3. The van der Waals surface area contributed by atoms with Crippen molar-refractivity contribution in [1.82, 2.24) is 5.32 Å². The molecule has 0 spiro atoms. The molecule has 0 bridgehead atoms. The third-order valence-corrected chi connectivity index (χ3v) is 2.81. The number of benzene rings is 1. The third-order valence-electron chi connectivity index (χ3n) is 2.81. The van der Waals surface area contributed by atoms with Crippen molar-refractivity contribution in [2.24, 2.45) is 5.92 Å². The quantitative estimate of drug-likeness (QED) is 0.898. The molecule has 7 heteroatoms. The SMILES string of the molecule is CC(C)C[C@H]1NC(=O)c2cc(OC(F)(F)F)ccc2N1. The zero-order valence-corrected chi connectivity index (χ0v) is 11.0. The fourth-order valence-electron chi connectivity index (χ4n) is 2.08. The Kier molecular flexibility index (Phi) is 3.78. The molecule has 20 heavy (non-hydrogen) atoms. The Balaban J connectivity index is 2.19. The highest BCUT2D eigenvalue weighted by Crippen LogP contribution is 2.29. The van der Waals surface area contributed by atoms with E-state index in [4.69, 9.17) is 0 Å². The normalized spacial score (nSPS) is 18.3. The molecule has 1 amide bonds. The summed E-state index contributed by atoms with van der Waals surface area (Å²) in [5, 5.41) is 5.79. The first-order chi connectivity index (χ1) is 9.24. The second-order valence-corrected chi connectivity index (χ2v) is 5.06. The van der Waals surface area contributed by atoms with Gasteiger partial charge in [0.05, 0.1) is 11.7 Å². The number of carbonyl (C=O) groups is 1. The Labute approximate surface area is 114 Å². The minimum absolute atomic E-state index is 0.145. The molecule has 0 aromatic heterocycles. The van der Waals surface area contributed by atoms with Crippen LogP contribution in [0.2, 0.25) is 0 Å². The molecule has 1 aliphatic heterocycles. The summed E-state index contributed by atoms with van der Waals surface area (Å²) >= 11 is 0. The van der Waals surface area contributed by atoms with Crippen molar-refractivity contribution in [2.75, 3.05) is 5.32 Å². The molecule has 0 radical (unpaired) electrons. The molecule has 1 heterocycles. The number of ether oxygens (including phenoxy) is 1. The summed E-state index contributed by atoms with van der Waals surface area (Å²) in [7, 11) is 0. The lowest BCUT2D eigenvalue weighted by molar-refractivity contribution is -0.274. The van der Waals surface area contributed by atoms with Crippen molar-refractivity contribution >= 4 is 11.6 Å². The zero-order valence-electron chi connectivity index (χ0n) is 11.0. The van der Waals surface area contributed by atoms with E-state index in [9.17, 15) is 18.0 Å². The first-order valence-electron chi connectivity index (χ1n) is 6.22. The second kappa shape index (κ2) is 5.22. The van der Waals surface area contributed by atoms with E-state index in [-0.39, 0.29) is 11.7 Å². The predicted molar refractivity (Wildman–Crippen MR) is 67.5 cm³/mol. The number of amides is 1. The van der Waals surface area contributed by atoms with Gasteiger partial charge < -0.3 is 15.4 Å². The lowest BCUT2D eigenvalue weighted by atomic mass is 10.0. The van der Waals surface area contributed by atoms with Gasteiger partial charge in [0.2, 0.25) is 0 Å². The van der Waals surface area contributed by atoms with Crippen molar-refractivity contribution in [3.63, 3.8) is 0 Å². The number of fused-ring (bicyclic) bond motifs is 1. The van der Waals surface area contributed by atoms with Gasteiger partial charge in [-0.3, -0.25) is 4.79 Å².